The number of hydrazine groups is 1. The normalized spacial score (nSPS) is 10.3. The van der Waals surface area contributed by atoms with Crippen LogP contribution in [0.5, 0.6) is 11.5 Å². The fourth-order valence-electron chi connectivity index (χ4n) is 1.57. The zero-order valence-electron chi connectivity index (χ0n) is 11.0. The summed E-state index contributed by atoms with van der Waals surface area (Å²) in [5, 5.41) is 0. The lowest BCUT2D eigenvalue weighted by Crippen LogP contribution is -2.29. The summed E-state index contributed by atoms with van der Waals surface area (Å²) in [6, 6.07) is 7.19. The number of rotatable bonds is 5. The number of nitrogens with one attached hydrogen (secondary N) is 1. The SMILES string of the molecule is COc1cc(Br)c(OCc2ccc(C(=O)NN)s2)cc1Br. The van der Waals surface area contributed by atoms with Gasteiger partial charge in [-0.25, -0.2) is 5.84 Å². The lowest BCUT2D eigenvalue weighted by Gasteiger charge is -2.10. The first-order valence-corrected chi connectivity index (χ1v) is 8.21. The maximum absolute atomic E-state index is 11.4. The van der Waals surface area contributed by atoms with E-state index < -0.39 is 0 Å². The number of carbonyl (C=O) groups excluding carboxylic acids is 1. The highest BCUT2D eigenvalue weighted by Gasteiger charge is 2.11. The van der Waals surface area contributed by atoms with Crippen molar-refractivity contribution in [2.45, 2.75) is 6.61 Å². The molecule has 2 rings (SSSR count). The maximum Gasteiger partial charge on any atom is 0.275 e. The number of amides is 1. The van der Waals surface area contributed by atoms with Gasteiger partial charge in [-0.3, -0.25) is 10.2 Å². The third kappa shape index (κ3) is 3.97. The van der Waals surface area contributed by atoms with Gasteiger partial charge >= 0.3 is 0 Å². The molecule has 1 amide bonds. The van der Waals surface area contributed by atoms with E-state index in [1.54, 1.807) is 13.2 Å². The molecule has 0 unspecified atom stereocenters. The topological polar surface area (TPSA) is 73.6 Å². The van der Waals surface area contributed by atoms with E-state index in [4.69, 9.17) is 15.3 Å². The van der Waals surface area contributed by atoms with Crippen molar-refractivity contribution in [3.05, 3.63) is 43.0 Å². The molecule has 0 fully saturated rings. The third-order valence-corrected chi connectivity index (χ3v) is 4.89. The van der Waals surface area contributed by atoms with Gasteiger partial charge in [-0.05, 0) is 56.1 Å². The number of hydrogen-bond donors (Lipinski definition) is 2. The Labute approximate surface area is 142 Å². The Morgan fingerprint density at radius 1 is 1.29 bits per heavy atom. The zero-order chi connectivity index (χ0) is 15.4. The molecule has 5 nitrogen and oxygen atoms in total. The minimum Gasteiger partial charge on any atom is -0.496 e. The van der Waals surface area contributed by atoms with Crippen molar-refractivity contribution in [3.63, 3.8) is 0 Å². The van der Waals surface area contributed by atoms with Gasteiger partial charge in [0.25, 0.3) is 5.91 Å². The van der Waals surface area contributed by atoms with Gasteiger partial charge in [0.1, 0.15) is 18.1 Å². The van der Waals surface area contributed by atoms with Crippen LogP contribution in [-0.4, -0.2) is 13.0 Å². The fourth-order valence-corrected chi connectivity index (χ4v) is 3.32. The smallest absolute Gasteiger partial charge is 0.275 e. The molecular formula is C13H12Br2N2O3S. The van der Waals surface area contributed by atoms with Crippen molar-refractivity contribution in [1.29, 1.82) is 0 Å². The Morgan fingerprint density at radius 3 is 2.62 bits per heavy atom. The summed E-state index contributed by atoms with van der Waals surface area (Å²) >= 11 is 8.18. The highest BCUT2D eigenvalue weighted by Crippen LogP contribution is 2.36. The fraction of sp³-hybridized carbons (Fsp3) is 0.154. The Morgan fingerprint density at radius 2 is 1.95 bits per heavy atom. The molecular weight excluding hydrogens is 424 g/mol. The molecule has 0 saturated carbocycles. The highest BCUT2D eigenvalue weighted by atomic mass is 79.9. The van der Waals surface area contributed by atoms with Gasteiger partial charge in [0.05, 0.1) is 20.9 Å². The second-order valence-electron chi connectivity index (χ2n) is 3.95. The highest BCUT2D eigenvalue weighted by molar-refractivity contribution is 9.11. The van der Waals surface area contributed by atoms with Crippen LogP contribution >= 0.6 is 43.2 Å². The van der Waals surface area contributed by atoms with Crippen molar-refractivity contribution in [3.8, 4) is 11.5 Å². The van der Waals surface area contributed by atoms with Crippen LogP contribution in [0.4, 0.5) is 0 Å². The van der Waals surface area contributed by atoms with Crippen LogP contribution in [0.25, 0.3) is 0 Å². The van der Waals surface area contributed by atoms with E-state index >= 15 is 0 Å². The Hall–Kier alpha value is -1.09. The van der Waals surface area contributed by atoms with Gasteiger partial charge in [-0.15, -0.1) is 11.3 Å². The van der Waals surface area contributed by atoms with Gasteiger partial charge in [-0.2, -0.15) is 0 Å². The van der Waals surface area contributed by atoms with Crippen molar-refractivity contribution in [2.75, 3.05) is 7.11 Å². The van der Waals surface area contributed by atoms with Crippen molar-refractivity contribution in [2.24, 2.45) is 5.84 Å². The minimum atomic E-state index is -0.306. The predicted octanol–water partition coefficient (Wildman–Crippen LogP) is 3.46. The molecule has 2 aromatic rings. The van der Waals surface area contributed by atoms with Crippen molar-refractivity contribution >= 4 is 49.1 Å². The monoisotopic (exact) mass is 434 g/mol. The Bertz CT molecular complexity index is 661. The number of nitrogen functional groups attached to an aromatic ring is 1. The number of halogens is 2. The van der Waals surface area contributed by atoms with Gasteiger partial charge in [-0.1, -0.05) is 0 Å². The second-order valence-corrected chi connectivity index (χ2v) is 6.82. The average molecular weight is 436 g/mol. The molecule has 0 atom stereocenters. The number of benzene rings is 1. The first-order chi connectivity index (χ1) is 10.0. The van der Waals surface area contributed by atoms with Gasteiger partial charge in [0.2, 0.25) is 0 Å². The number of ether oxygens (including phenoxy) is 2. The van der Waals surface area contributed by atoms with Crippen LogP contribution in [0.3, 0.4) is 0 Å². The Kier molecular flexibility index (Phi) is 5.63. The maximum atomic E-state index is 11.4. The zero-order valence-corrected chi connectivity index (χ0v) is 15.0. The molecule has 0 saturated heterocycles. The van der Waals surface area contributed by atoms with E-state index in [0.717, 1.165) is 13.8 Å². The molecule has 0 aliphatic rings. The molecule has 112 valence electrons. The van der Waals surface area contributed by atoms with Crippen LogP contribution in [0.1, 0.15) is 14.5 Å². The Balaban J connectivity index is 2.08. The lowest BCUT2D eigenvalue weighted by atomic mass is 10.3. The van der Waals surface area contributed by atoms with Gasteiger partial charge in [0.15, 0.2) is 0 Å². The molecule has 0 spiro atoms. The predicted molar refractivity (Wildman–Crippen MR) is 88.7 cm³/mol. The summed E-state index contributed by atoms with van der Waals surface area (Å²) in [7, 11) is 1.60. The van der Waals surface area contributed by atoms with Gasteiger partial charge < -0.3 is 9.47 Å². The molecule has 1 aromatic heterocycles. The van der Waals surface area contributed by atoms with Crippen LogP contribution < -0.4 is 20.7 Å². The van der Waals surface area contributed by atoms with Crippen LogP contribution in [0.2, 0.25) is 0 Å². The van der Waals surface area contributed by atoms with Crippen molar-refractivity contribution in [1.82, 2.24) is 5.43 Å². The molecule has 1 aromatic carbocycles. The standard InChI is InChI=1S/C13H12Br2N2O3S/c1-19-10-4-9(15)11(5-8(10)14)20-6-7-2-3-12(21-7)13(18)17-16/h2-5H,6,16H2,1H3,(H,17,18). The summed E-state index contributed by atoms with van der Waals surface area (Å²) in [4.78, 5) is 12.8. The van der Waals surface area contributed by atoms with Crippen LogP contribution in [0, 0.1) is 0 Å². The summed E-state index contributed by atoms with van der Waals surface area (Å²) in [5.41, 5.74) is 2.10. The van der Waals surface area contributed by atoms with E-state index in [1.165, 1.54) is 11.3 Å². The molecule has 0 radical (unpaired) electrons. The third-order valence-electron chi connectivity index (χ3n) is 2.59. The molecule has 3 N–H and O–H groups in total. The lowest BCUT2D eigenvalue weighted by molar-refractivity contribution is 0.0957. The average Bonchev–Trinajstić information content (AvgIpc) is 2.95. The molecule has 0 aliphatic carbocycles. The van der Waals surface area contributed by atoms with E-state index in [9.17, 15) is 4.79 Å². The van der Waals surface area contributed by atoms with Crippen molar-refractivity contribution < 1.29 is 14.3 Å². The number of nitrogens with two attached hydrogens (primary N) is 1. The summed E-state index contributed by atoms with van der Waals surface area (Å²) in [6.45, 7) is 0.361. The van der Waals surface area contributed by atoms with E-state index in [1.807, 2.05) is 18.2 Å². The summed E-state index contributed by atoms with van der Waals surface area (Å²) < 4.78 is 12.5. The number of methoxy groups -OCH3 is 1. The van der Waals surface area contributed by atoms with Crippen LogP contribution in [0.15, 0.2) is 33.2 Å². The summed E-state index contributed by atoms with van der Waals surface area (Å²) in [5.74, 6) is 6.19. The second kappa shape index (κ2) is 7.26. The first-order valence-electron chi connectivity index (χ1n) is 5.80. The first kappa shape index (κ1) is 16.3. The molecule has 21 heavy (non-hydrogen) atoms. The molecule has 0 aliphatic heterocycles. The van der Waals surface area contributed by atoms with E-state index in [-0.39, 0.29) is 5.91 Å². The number of carbonyl (C=O) groups is 1. The minimum absolute atomic E-state index is 0.306. The molecule has 1 heterocycles. The van der Waals surface area contributed by atoms with Crippen LogP contribution in [-0.2, 0) is 6.61 Å². The number of thiophene rings is 1. The van der Waals surface area contributed by atoms with Gasteiger partial charge in [0, 0.05) is 4.88 Å². The van der Waals surface area contributed by atoms with E-state index in [2.05, 4.69) is 37.3 Å². The number of hydrogen-bond acceptors (Lipinski definition) is 5. The quantitative estimate of drug-likeness (QED) is 0.428. The summed E-state index contributed by atoms with van der Waals surface area (Å²) in [6.07, 6.45) is 0. The molecule has 0 bridgehead atoms. The van der Waals surface area contributed by atoms with E-state index in [0.29, 0.717) is 23.0 Å². The largest absolute Gasteiger partial charge is 0.496 e. The molecule has 8 heteroatoms.